The Morgan fingerprint density at radius 2 is 1.49 bits per heavy atom. The summed E-state index contributed by atoms with van der Waals surface area (Å²) < 4.78 is 10.1. The van der Waals surface area contributed by atoms with Gasteiger partial charge in [-0.2, -0.15) is 0 Å². The van der Waals surface area contributed by atoms with E-state index in [9.17, 15) is 14.4 Å². The molecule has 0 radical (unpaired) electrons. The zero-order chi connectivity index (χ0) is 32.2. The highest BCUT2D eigenvalue weighted by Crippen LogP contribution is 2.57. The number of aldehydes is 1. The number of methoxy groups -OCH3 is 2. The van der Waals surface area contributed by atoms with Crippen LogP contribution >= 0.6 is 0 Å². The van der Waals surface area contributed by atoms with Gasteiger partial charge in [0.1, 0.15) is 26.3 Å². The lowest BCUT2D eigenvalue weighted by atomic mass is 9.73. The fraction of sp³-hybridized carbons (Fsp3) is 0.714. The van der Waals surface area contributed by atoms with Crippen molar-refractivity contribution in [1.82, 2.24) is 10.6 Å². The number of Topliss-reactive ketones (excluding diaryl/α,β-unsaturated/α-hetero) is 2. The number of nitrogens with one attached hydrogen (secondary N) is 2. The fourth-order valence-corrected chi connectivity index (χ4v) is 6.84. The van der Waals surface area contributed by atoms with Crippen LogP contribution in [-0.2, 0) is 23.9 Å². The Morgan fingerprint density at radius 1 is 0.930 bits per heavy atom. The zero-order valence-electron chi connectivity index (χ0n) is 27.7. The van der Waals surface area contributed by atoms with Gasteiger partial charge in [0, 0.05) is 25.7 Å². The maximum atomic E-state index is 12.6. The van der Waals surface area contributed by atoms with Gasteiger partial charge >= 0.3 is 0 Å². The fourth-order valence-electron chi connectivity index (χ4n) is 6.84. The van der Waals surface area contributed by atoms with Gasteiger partial charge in [0.2, 0.25) is 0 Å². The molecule has 1 aliphatic heterocycles. The van der Waals surface area contributed by atoms with Gasteiger partial charge in [-0.25, -0.2) is 0 Å². The molecule has 244 valence electrons. The molecule has 0 aromatic heterocycles. The maximum Gasteiger partial charge on any atom is 0.188 e. The SMILES string of the molecule is C1CCNC1.C=O.CC.CCC(C=O)NC.COCC(=O)c1ccc(C2CCC(C(=O)COC)CC2)c2c1C1CCC2C1. The van der Waals surface area contributed by atoms with E-state index in [-0.39, 0.29) is 36.7 Å². The molecule has 2 bridgehead atoms. The molecule has 3 atom stereocenters. The molecule has 3 aliphatic carbocycles. The summed E-state index contributed by atoms with van der Waals surface area (Å²) in [4.78, 5) is 42.6. The molecular weight excluding hydrogens is 544 g/mol. The molecule has 1 heterocycles. The summed E-state index contributed by atoms with van der Waals surface area (Å²) >= 11 is 0. The highest BCUT2D eigenvalue weighted by atomic mass is 16.5. The molecule has 2 saturated carbocycles. The number of ketones is 2. The van der Waals surface area contributed by atoms with E-state index in [1.54, 1.807) is 21.3 Å². The number of ether oxygens (including phenoxy) is 2. The van der Waals surface area contributed by atoms with Crippen LogP contribution in [0.25, 0.3) is 0 Å². The van der Waals surface area contributed by atoms with Crippen molar-refractivity contribution < 1.29 is 28.7 Å². The van der Waals surface area contributed by atoms with Crippen LogP contribution < -0.4 is 10.6 Å². The van der Waals surface area contributed by atoms with E-state index in [2.05, 4.69) is 22.8 Å². The number of benzene rings is 1. The van der Waals surface area contributed by atoms with Crippen molar-refractivity contribution in [2.24, 2.45) is 5.92 Å². The molecule has 3 fully saturated rings. The molecule has 8 heteroatoms. The quantitative estimate of drug-likeness (QED) is 0.257. The first-order valence-electron chi connectivity index (χ1n) is 16.3. The summed E-state index contributed by atoms with van der Waals surface area (Å²) in [5.74, 6) is 2.23. The number of likely N-dealkylation sites (N-methyl/N-ethyl adjacent to an activating group) is 1. The normalized spacial score (nSPS) is 23.4. The third-order valence-corrected chi connectivity index (χ3v) is 8.99. The second-order valence-corrected chi connectivity index (χ2v) is 11.4. The first-order chi connectivity index (χ1) is 21.0. The first-order valence-corrected chi connectivity index (χ1v) is 16.3. The summed E-state index contributed by atoms with van der Waals surface area (Å²) in [5, 5.41) is 6.06. The van der Waals surface area contributed by atoms with E-state index < -0.39 is 0 Å². The second kappa shape index (κ2) is 22.3. The standard InChI is InChI=1S/C23H30O4.C5H11NO.C4H9N.C2H6.CH2O/c1-26-12-20(24)15-5-3-14(4-6-15)18-9-10-19(21(25)13-27-2)23-17-8-7-16(11-17)22(18)23;1-3-5(4-7)6-2;1-2-4-5-3-1;2*1-2/h9-10,14-17H,3-8,11-13H2,1-2H3;4-6H,3H2,1-2H3;5H,1-4H2;1-2H3;1H2. The van der Waals surface area contributed by atoms with Gasteiger partial charge in [-0.1, -0.05) is 32.9 Å². The number of rotatable bonds is 10. The van der Waals surface area contributed by atoms with Crippen LogP contribution in [-0.4, -0.2) is 78.3 Å². The molecule has 8 nitrogen and oxygen atoms in total. The molecule has 1 aromatic carbocycles. The Bertz CT molecular complexity index is 944. The summed E-state index contributed by atoms with van der Waals surface area (Å²) in [7, 11) is 4.96. The minimum Gasteiger partial charge on any atom is -0.377 e. The molecule has 1 saturated heterocycles. The third kappa shape index (κ3) is 11.3. The third-order valence-electron chi connectivity index (χ3n) is 8.99. The van der Waals surface area contributed by atoms with E-state index in [0.717, 1.165) is 44.0 Å². The smallest absolute Gasteiger partial charge is 0.188 e. The van der Waals surface area contributed by atoms with Gasteiger partial charge in [-0.15, -0.1) is 0 Å². The van der Waals surface area contributed by atoms with Crippen LogP contribution in [0.5, 0.6) is 0 Å². The van der Waals surface area contributed by atoms with Crippen molar-refractivity contribution in [3.05, 3.63) is 34.4 Å². The van der Waals surface area contributed by atoms with Crippen LogP contribution in [0.15, 0.2) is 12.1 Å². The van der Waals surface area contributed by atoms with Gasteiger partial charge in [0.15, 0.2) is 11.6 Å². The van der Waals surface area contributed by atoms with E-state index in [0.29, 0.717) is 17.8 Å². The summed E-state index contributed by atoms with van der Waals surface area (Å²) in [6.45, 7) is 10.9. The van der Waals surface area contributed by atoms with Crippen LogP contribution in [0.1, 0.15) is 130 Å². The molecule has 43 heavy (non-hydrogen) atoms. The van der Waals surface area contributed by atoms with Crippen molar-refractivity contribution in [3.63, 3.8) is 0 Å². The minimum absolute atomic E-state index is 0.0556. The average molecular weight is 603 g/mol. The summed E-state index contributed by atoms with van der Waals surface area (Å²) in [5.41, 5.74) is 5.18. The number of fused-ring (bicyclic) bond motifs is 5. The monoisotopic (exact) mass is 602 g/mol. The summed E-state index contributed by atoms with van der Waals surface area (Å²) in [6.07, 6.45) is 12.3. The average Bonchev–Trinajstić information content (AvgIpc) is 3.86. The molecule has 5 rings (SSSR count). The lowest BCUT2D eigenvalue weighted by Gasteiger charge is -2.31. The van der Waals surface area contributed by atoms with Gasteiger partial charge in [0.25, 0.3) is 0 Å². The molecule has 1 aromatic rings. The van der Waals surface area contributed by atoms with Crippen molar-refractivity contribution in [2.45, 2.75) is 109 Å². The highest BCUT2D eigenvalue weighted by Gasteiger charge is 2.42. The van der Waals surface area contributed by atoms with Crippen LogP contribution in [0.2, 0.25) is 0 Å². The Morgan fingerprint density at radius 3 is 1.93 bits per heavy atom. The second-order valence-electron chi connectivity index (χ2n) is 11.4. The number of hydrogen-bond donors (Lipinski definition) is 2. The Labute approximate surface area is 260 Å². The van der Waals surface area contributed by atoms with Gasteiger partial charge in [-0.05, 0) is 119 Å². The van der Waals surface area contributed by atoms with Crippen LogP contribution in [0, 0.1) is 5.92 Å². The molecule has 0 spiro atoms. The molecule has 2 N–H and O–H groups in total. The minimum atomic E-state index is 0.0556. The summed E-state index contributed by atoms with van der Waals surface area (Å²) in [6, 6.07) is 4.32. The first kappa shape index (κ1) is 38.8. The molecule has 4 aliphatic rings. The number of hydrogen-bond acceptors (Lipinski definition) is 8. The number of carbonyl (C=O) groups is 4. The van der Waals surface area contributed by atoms with Crippen molar-refractivity contribution in [3.8, 4) is 0 Å². The predicted molar refractivity (Wildman–Crippen MR) is 173 cm³/mol. The van der Waals surface area contributed by atoms with E-state index in [1.807, 2.05) is 27.6 Å². The Kier molecular flexibility index (Phi) is 20.1. The van der Waals surface area contributed by atoms with Crippen molar-refractivity contribution >= 4 is 24.6 Å². The lowest BCUT2D eigenvalue weighted by molar-refractivity contribution is -0.127. The molecule has 3 unspecified atom stereocenters. The van der Waals surface area contributed by atoms with E-state index >= 15 is 0 Å². The van der Waals surface area contributed by atoms with Gasteiger partial charge in [-0.3, -0.25) is 9.59 Å². The topological polar surface area (TPSA) is 111 Å². The highest BCUT2D eigenvalue weighted by molar-refractivity contribution is 5.99. The van der Waals surface area contributed by atoms with Crippen molar-refractivity contribution in [1.29, 1.82) is 0 Å². The zero-order valence-corrected chi connectivity index (χ0v) is 27.7. The maximum absolute atomic E-state index is 12.6. The predicted octanol–water partition coefficient (Wildman–Crippen LogP) is 5.76. The lowest BCUT2D eigenvalue weighted by Crippen LogP contribution is -2.25. The Balaban J connectivity index is 0.000000478. The Hall–Kier alpha value is -2.26. The van der Waals surface area contributed by atoms with E-state index in [1.165, 1.54) is 61.9 Å². The van der Waals surface area contributed by atoms with Crippen LogP contribution in [0.4, 0.5) is 0 Å². The molecular formula is C35H58N2O6. The largest absolute Gasteiger partial charge is 0.377 e. The van der Waals surface area contributed by atoms with Gasteiger partial charge < -0.3 is 29.7 Å². The van der Waals surface area contributed by atoms with Gasteiger partial charge in [0.05, 0.1) is 6.04 Å². The molecule has 0 amide bonds. The van der Waals surface area contributed by atoms with Crippen LogP contribution in [0.3, 0.4) is 0 Å². The van der Waals surface area contributed by atoms with E-state index in [4.69, 9.17) is 14.3 Å². The van der Waals surface area contributed by atoms with Crippen molar-refractivity contribution in [2.75, 3.05) is 47.6 Å². The number of carbonyl (C=O) groups excluding carboxylic acids is 4.